The predicted octanol–water partition coefficient (Wildman–Crippen LogP) is 5.45. The number of fused-ring (bicyclic) bond motifs is 1. The van der Waals surface area contributed by atoms with Gasteiger partial charge in [0.25, 0.3) is 0 Å². The lowest BCUT2D eigenvalue weighted by Crippen LogP contribution is -2.46. The standard InChI is InChI=1S/C19H31N3O2.C10H11ClO2/c1-6-8-10-18(17(4)23)22-14-13-21(15-16(22)3)19(24)11-9-12-20(5)7-2;1-2-3-7-4-5-8-10(9(7)11)13-6-12-8/h9-11H,3,6-8,12-15H2,1-2,4-5H3;4-5H,2-3,6H2,1H3/b11-9+,18-10-;. The first-order valence-corrected chi connectivity index (χ1v) is 13.5. The maximum atomic E-state index is 12.3. The largest absolute Gasteiger partial charge is 0.454 e. The number of benzene rings is 1. The molecule has 0 radical (unpaired) electrons. The lowest BCUT2D eigenvalue weighted by molar-refractivity contribution is -0.126. The van der Waals surface area contributed by atoms with Crippen LogP contribution < -0.4 is 9.47 Å². The molecule has 0 saturated carbocycles. The Kier molecular flexibility index (Phi) is 12.7. The molecule has 1 aromatic carbocycles. The molecule has 204 valence electrons. The van der Waals surface area contributed by atoms with E-state index >= 15 is 0 Å². The lowest BCUT2D eigenvalue weighted by atomic mass is 10.1. The van der Waals surface area contributed by atoms with E-state index in [1.54, 1.807) is 17.9 Å². The van der Waals surface area contributed by atoms with Crippen molar-refractivity contribution >= 4 is 23.3 Å². The van der Waals surface area contributed by atoms with Gasteiger partial charge in [0.1, 0.15) is 0 Å². The molecule has 0 aliphatic carbocycles. The average Bonchev–Trinajstić information content (AvgIpc) is 3.36. The molecule has 2 aliphatic heterocycles. The lowest BCUT2D eigenvalue weighted by Gasteiger charge is -2.38. The highest BCUT2D eigenvalue weighted by molar-refractivity contribution is 6.33. The third-order valence-electron chi connectivity index (χ3n) is 6.23. The summed E-state index contributed by atoms with van der Waals surface area (Å²) < 4.78 is 10.5. The molecule has 7 nitrogen and oxygen atoms in total. The number of allylic oxidation sites excluding steroid dienone is 2. The molecule has 0 N–H and O–H groups in total. The predicted molar refractivity (Wildman–Crippen MR) is 150 cm³/mol. The van der Waals surface area contributed by atoms with Crippen molar-refractivity contribution in [2.24, 2.45) is 0 Å². The van der Waals surface area contributed by atoms with Gasteiger partial charge in [-0.1, -0.05) is 70.0 Å². The van der Waals surface area contributed by atoms with Crippen LogP contribution in [0.4, 0.5) is 0 Å². The summed E-state index contributed by atoms with van der Waals surface area (Å²) in [5.74, 6) is 1.51. The van der Waals surface area contributed by atoms with Crippen LogP contribution in [-0.2, 0) is 16.0 Å². The molecule has 1 fully saturated rings. The molecule has 8 heteroatoms. The van der Waals surface area contributed by atoms with Gasteiger partial charge in [0.05, 0.1) is 17.3 Å². The van der Waals surface area contributed by atoms with Gasteiger partial charge in [-0.25, -0.2) is 0 Å². The van der Waals surface area contributed by atoms with Gasteiger partial charge in [0.2, 0.25) is 12.7 Å². The summed E-state index contributed by atoms with van der Waals surface area (Å²) in [7, 11) is 2.02. The number of aryl methyl sites for hydroxylation is 1. The maximum absolute atomic E-state index is 12.3. The van der Waals surface area contributed by atoms with Gasteiger partial charge in [0.15, 0.2) is 17.3 Å². The molecule has 3 rings (SSSR count). The summed E-state index contributed by atoms with van der Waals surface area (Å²) in [4.78, 5) is 30.0. The second-order valence-corrected chi connectivity index (χ2v) is 9.57. The number of piperazine rings is 1. The van der Waals surface area contributed by atoms with Crippen LogP contribution in [0.3, 0.4) is 0 Å². The van der Waals surface area contributed by atoms with E-state index in [0.29, 0.717) is 36.1 Å². The maximum Gasteiger partial charge on any atom is 0.246 e. The molecular formula is C29H42ClN3O4. The van der Waals surface area contributed by atoms with Crippen molar-refractivity contribution in [3.63, 3.8) is 0 Å². The highest BCUT2D eigenvalue weighted by Crippen LogP contribution is 2.41. The Morgan fingerprint density at radius 3 is 2.54 bits per heavy atom. The monoisotopic (exact) mass is 531 g/mol. The van der Waals surface area contributed by atoms with Crippen LogP contribution >= 0.6 is 11.6 Å². The average molecular weight is 532 g/mol. The van der Waals surface area contributed by atoms with Gasteiger partial charge in [-0.15, -0.1) is 0 Å². The first-order chi connectivity index (χ1) is 17.7. The van der Waals surface area contributed by atoms with Crippen molar-refractivity contribution in [2.45, 2.75) is 53.4 Å². The quantitative estimate of drug-likeness (QED) is 0.374. The summed E-state index contributed by atoms with van der Waals surface area (Å²) >= 11 is 6.13. The number of halogens is 1. The molecule has 0 unspecified atom stereocenters. The first kappa shape index (κ1) is 30.5. The number of amides is 1. The fraction of sp³-hybridized carbons (Fsp3) is 0.517. The Morgan fingerprint density at radius 2 is 1.92 bits per heavy atom. The fourth-order valence-corrected chi connectivity index (χ4v) is 4.28. The van der Waals surface area contributed by atoms with E-state index in [2.05, 4.69) is 32.3 Å². The van der Waals surface area contributed by atoms with Crippen LogP contribution in [0, 0.1) is 0 Å². The second-order valence-electron chi connectivity index (χ2n) is 9.19. The van der Waals surface area contributed by atoms with Crippen molar-refractivity contribution in [3.8, 4) is 11.5 Å². The molecule has 0 spiro atoms. The number of likely N-dealkylation sites (N-methyl/N-ethyl adjacent to an activating group) is 1. The smallest absolute Gasteiger partial charge is 0.246 e. The fourth-order valence-electron chi connectivity index (χ4n) is 3.98. The molecule has 37 heavy (non-hydrogen) atoms. The molecular weight excluding hydrogens is 490 g/mol. The zero-order chi connectivity index (χ0) is 27.4. The minimum Gasteiger partial charge on any atom is -0.454 e. The second kappa shape index (κ2) is 15.5. The molecule has 1 saturated heterocycles. The number of unbranched alkanes of at least 4 members (excludes halogenated alkanes) is 1. The molecule has 0 bridgehead atoms. The number of ketones is 1. The van der Waals surface area contributed by atoms with E-state index in [0.717, 1.165) is 55.8 Å². The van der Waals surface area contributed by atoms with Gasteiger partial charge in [-0.3, -0.25) is 9.59 Å². The minimum absolute atomic E-state index is 0.00205. The van der Waals surface area contributed by atoms with Crippen molar-refractivity contribution in [1.29, 1.82) is 0 Å². The van der Waals surface area contributed by atoms with Crippen LogP contribution in [0.2, 0.25) is 5.02 Å². The molecule has 0 atom stereocenters. The van der Waals surface area contributed by atoms with Crippen molar-refractivity contribution in [2.75, 3.05) is 46.6 Å². The first-order valence-electron chi connectivity index (χ1n) is 13.1. The minimum atomic E-state index is 0.00205. The van der Waals surface area contributed by atoms with E-state index in [1.807, 2.05) is 36.2 Å². The number of hydrogen-bond donors (Lipinski definition) is 0. The topological polar surface area (TPSA) is 62.3 Å². The van der Waals surface area contributed by atoms with E-state index in [1.165, 1.54) is 0 Å². The summed E-state index contributed by atoms with van der Waals surface area (Å²) in [5.41, 5.74) is 2.63. The van der Waals surface area contributed by atoms with Crippen molar-refractivity contribution in [3.05, 3.63) is 58.9 Å². The summed E-state index contributed by atoms with van der Waals surface area (Å²) in [5, 5.41) is 0.705. The molecule has 1 amide bonds. The normalized spacial score (nSPS) is 15.3. The van der Waals surface area contributed by atoms with Crippen LogP contribution in [-0.4, -0.2) is 73.0 Å². The van der Waals surface area contributed by atoms with E-state index in [4.69, 9.17) is 21.1 Å². The number of carbonyl (C=O) groups is 2. The molecule has 2 aliphatic rings. The molecule has 0 aromatic heterocycles. The van der Waals surface area contributed by atoms with Crippen LogP contribution in [0.25, 0.3) is 0 Å². The summed E-state index contributed by atoms with van der Waals surface area (Å²) in [6.07, 6.45) is 9.44. The number of hydrogen-bond acceptors (Lipinski definition) is 6. The van der Waals surface area contributed by atoms with Gasteiger partial charge < -0.3 is 24.2 Å². The van der Waals surface area contributed by atoms with Crippen LogP contribution in [0.1, 0.15) is 52.5 Å². The Balaban J connectivity index is 0.000000308. The third-order valence-corrected chi connectivity index (χ3v) is 6.65. The zero-order valence-electron chi connectivity index (χ0n) is 23.0. The zero-order valence-corrected chi connectivity index (χ0v) is 23.8. The van der Waals surface area contributed by atoms with E-state index in [-0.39, 0.29) is 18.5 Å². The van der Waals surface area contributed by atoms with E-state index in [9.17, 15) is 9.59 Å². The van der Waals surface area contributed by atoms with Gasteiger partial charge >= 0.3 is 0 Å². The SMILES string of the molecule is C=C1CN(C(=O)/C=C/CN(C)CC)CCN1/C(=C\CCC)C(C)=O.CCCc1ccc2c(c1Cl)OCO2. The van der Waals surface area contributed by atoms with Crippen LogP contribution in [0.15, 0.2) is 48.3 Å². The Labute approximate surface area is 227 Å². The van der Waals surface area contributed by atoms with Gasteiger partial charge in [0, 0.05) is 38.3 Å². The van der Waals surface area contributed by atoms with Gasteiger partial charge in [-0.05, 0) is 38.1 Å². The van der Waals surface area contributed by atoms with Gasteiger partial charge in [-0.2, -0.15) is 0 Å². The number of ether oxygens (including phenoxy) is 2. The number of rotatable bonds is 10. The van der Waals surface area contributed by atoms with Crippen molar-refractivity contribution in [1.82, 2.24) is 14.7 Å². The highest BCUT2D eigenvalue weighted by Gasteiger charge is 2.25. The number of carbonyl (C=O) groups excluding carboxylic acids is 2. The Morgan fingerprint density at radius 1 is 1.16 bits per heavy atom. The molecule has 2 heterocycles. The molecule has 1 aromatic rings. The highest BCUT2D eigenvalue weighted by atomic mass is 35.5. The van der Waals surface area contributed by atoms with Crippen molar-refractivity contribution < 1.29 is 19.1 Å². The Hall–Kier alpha value is -2.77. The number of nitrogens with zero attached hydrogens (tertiary/aromatic N) is 3. The summed E-state index contributed by atoms with van der Waals surface area (Å²) in [6.45, 7) is 15.6. The summed E-state index contributed by atoms with van der Waals surface area (Å²) in [6, 6.07) is 3.92. The number of Topliss-reactive ketones (excluding diaryl/α,β-unsaturated/α-hetero) is 1. The third kappa shape index (κ3) is 8.93. The Bertz CT molecular complexity index is 1010. The van der Waals surface area contributed by atoms with E-state index < -0.39 is 0 Å². The van der Waals surface area contributed by atoms with Crippen LogP contribution in [0.5, 0.6) is 11.5 Å².